The van der Waals surface area contributed by atoms with Crippen LogP contribution >= 0.6 is 11.5 Å². The third kappa shape index (κ3) is 3.56. The Balaban J connectivity index is 1.66. The van der Waals surface area contributed by atoms with E-state index in [4.69, 9.17) is 0 Å². The molecule has 0 aliphatic carbocycles. The van der Waals surface area contributed by atoms with Gasteiger partial charge in [-0.05, 0) is 37.0 Å². The first kappa shape index (κ1) is 15.6. The zero-order valence-electron chi connectivity index (χ0n) is 12.9. The first-order valence-corrected chi connectivity index (χ1v) is 8.41. The van der Waals surface area contributed by atoms with Crippen LogP contribution in [0.4, 0.5) is 0 Å². The molecule has 0 spiro atoms. The van der Waals surface area contributed by atoms with E-state index >= 15 is 0 Å². The van der Waals surface area contributed by atoms with E-state index < -0.39 is 0 Å². The molecular formula is C16H18N4O2S. The van der Waals surface area contributed by atoms with Crippen molar-refractivity contribution in [1.29, 1.82) is 0 Å². The number of rotatable bonds is 2. The zero-order valence-corrected chi connectivity index (χ0v) is 13.8. The molecule has 0 atom stereocenters. The van der Waals surface area contributed by atoms with Gasteiger partial charge in [0.15, 0.2) is 5.69 Å². The van der Waals surface area contributed by atoms with Crippen molar-refractivity contribution in [1.82, 2.24) is 19.4 Å². The molecule has 1 aromatic heterocycles. The van der Waals surface area contributed by atoms with Gasteiger partial charge < -0.3 is 9.80 Å². The van der Waals surface area contributed by atoms with Gasteiger partial charge >= 0.3 is 0 Å². The van der Waals surface area contributed by atoms with Crippen LogP contribution in [0.15, 0.2) is 29.6 Å². The third-order valence-electron chi connectivity index (χ3n) is 3.91. The van der Waals surface area contributed by atoms with Crippen molar-refractivity contribution in [2.24, 2.45) is 0 Å². The van der Waals surface area contributed by atoms with Gasteiger partial charge in [0.25, 0.3) is 11.8 Å². The first-order valence-electron chi connectivity index (χ1n) is 7.57. The molecule has 3 rings (SSSR count). The van der Waals surface area contributed by atoms with E-state index in [1.54, 1.807) is 10.3 Å². The summed E-state index contributed by atoms with van der Waals surface area (Å²) in [4.78, 5) is 28.5. The number of amides is 2. The minimum atomic E-state index is -0.108. The predicted molar refractivity (Wildman–Crippen MR) is 87.5 cm³/mol. The van der Waals surface area contributed by atoms with Crippen LogP contribution < -0.4 is 0 Å². The molecule has 1 fully saturated rings. The van der Waals surface area contributed by atoms with Crippen molar-refractivity contribution >= 4 is 23.3 Å². The van der Waals surface area contributed by atoms with Gasteiger partial charge in [0.2, 0.25) is 0 Å². The minimum Gasteiger partial charge on any atom is -0.337 e. The average Bonchev–Trinajstić information content (AvgIpc) is 2.98. The largest absolute Gasteiger partial charge is 0.337 e. The number of benzene rings is 1. The smallest absolute Gasteiger partial charge is 0.275 e. The van der Waals surface area contributed by atoms with Crippen molar-refractivity contribution in [3.63, 3.8) is 0 Å². The number of aromatic nitrogens is 2. The highest BCUT2D eigenvalue weighted by Gasteiger charge is 2.24. The molecule has 120 valence electrons. The normalized spacial score (nSPS) is 15.3. The molecule has 1 aliphatic heterocycles. The third-order valence-corrected chi connectivity index (χ3v) is 4.42. The van der Waals surface area contributed by atoms with E-state index in [9.17, 15) is 9.59 Å². The summed E-state index contributed by atoms with van der Waals surface area (Å²) in [5.74, 6) is -0.0815. The molecule has 0 bridgehead atoms. The van der Waals surface area contributed by atoms with Gasteiger partial charge in [0.05, 0.1) is 0 Å². The number of aryl methyl sites for hydroxylation is 1. The Morgan fingerprint density at radius 1 is 1.09 bits per heavy atom. The van der Waals surface area contributed by atoms with E-state index in [1.807, 2.05) is 36.1 Å². The highest BCUT2D eigenvalue weighted by atomic mass is 32.1. The van der Waals surface area contributed by atoms with E-state index in [0.29, 0.717) is 37.4 Å². The standard InChI is InChI=1S/C16H18N4O2S/c1-12-4-2-5-13(10-12)15(21)19-6-3-7-20(9-8-19)16(22)14-11-23-18-17-14/h2,4-5,10-11H,3,6-9H2,1H3. The van der Waals surface area contributed by atoms with Gasteiger partial charge in [-0.3, -0.25) is 9.59 Å². The van der Waals surface area contributed by atoms with E-state index in [0.717, 1.165) is 12.0 Å². The van der Waals surface area contributed by atoms with Crippen LogP contribution in [-0.2, 0) is 0 Å². The Hall–Kier alpha value is -2.28. The minimum absolute atomic E-state index is 0.0262. The van der Waals surface area contributed by atoms with Gasteiger partial charge in [-0.25, -0.2) is 0 Å². The van der Waals surface area contributed by atoms with Crippen LogP contribution in [0.2, 0.25) is 0 Å². The number of carbonyl (C=O) groups is 2. The Morgan fingerprint density at radius 3 is 2.48 bits per heavy atom. The van der Waals surface area contributed by atoms with Crippen LogP contribution in [0, 0.1) is 6.92 Å². The molecule has 0 radical (unpaired) electrons. The van der Waals surface area contributed by atoms with Crippen LogP contribution in [0.1, 0.15) is 32.8 Å². The molecule has 6 nitrogen and oxygen atoms in total. The molecule has 7 heteroatoms. The van der Waals surface area contributed by atoms with E-state index in [2.05, 4.69) is 9.59 Å². The number of carbonyl (C=O) groups excluding carboxylic acids is 2. The molecule has 1 saturated heterocycles. The van der Waals surface area contributed by atoms with Crippen molar-refractivity contribution in [3.05, 3.63) is 46.5 Å². The summed E-state index contributed by atoms with van der Waals surface area (Å²) in [5, 5.41) is 5.49. The van der Waals surface area contributed by atoms with Gasteiger partial charge in [-0.15, -0.1) is 5.10 Å². The van der Waals surface area contributed by atoms with Gasteiger partial charge in [0.1, 0.15) is 0 Å². The predicted octanol–water partition coefficient (Wildman–Crippen LogP) is 1.83. The summed E-state index contributed by atoms with van der Waals surface area (Å²) in [6.45, 7) is 4.32. The lowest BCUT2D eigenvalue weighted by Gasteiger charge is -2.21. The first-order chi connectivity index (χ1) is 11.1. The molecule has 0 N–H and O–H groups in total. The number of hydrogen-bond donors (Lipinski definition) is 0. The second-order valence-corrected chi connectivity index (χ2v) is 6.21. The van der Waals surface area contributed by atoms with Gasteiger partial charge in [-0.2, -0.15) is 0 Å². The molecule has 2 amide bonds. The highest BCUT2D eigenvalue weighted by molar-refractivity contribution is 7.03. The van der Waals surface area contributed by atoms with Crippen molar-refractivity contribution in [2.45, 2.75) is 13.3 Å². The Labute approximate surface area is 138 Å². The highest BCUT2D eigenvalue weighted by Crippen LogP contribution is 2.12. The lowest BCUT2D eigenvalue weighted by molar-refractivity contribution is 0.0715. The summed E-state index contributed by atoms with van der Waals surface area (Å²) in [5.41, 5.74) is 2.15. The second kappa shape index (κ2) is 6.87. The van der Waals surface area contributed by atoms with Crippen molar-refractivity contribution < 1.29 is 9.59 Å². The summed E-state index contributed by atoms with van der Waals surface area (Å²) in [6, 6.07) is 7.61. The molecule has 2 heterocycles. The molecule has 23 heavy (non-hydrogen) atoms. The monoisotopic (exact) mass is 330 g/mol. The second-order valence-electron chi connectivity index (χ2n) is 5.60. The maximum absolute atomic E-state index is 12.6. The summed E-state index contributed by atoms with van der Waals surface area (Å²) >= 11 is 1.17. The summed E-state index contributed by atoms with van der Waals surface area (Å²) in [6.07, 6.45) is 0.765. The molecule has 0 unspecified atom stereocenters. The van der Waals surface area contributed by atoms with Crippen LogP contribution in [0.5, 0.6) is 0 Å². The fourth-order valence-electron chi connectivity index (χ4n) is 2.70. The topological polar surface area (TPSA) is 66.4 Å². The lowest BCUT2D eigenvalue weighted by atomic mass is 10.1. The molecule has 1 aromatic carbocycles. The van der Waals surface area contributed by atoms with Gasteiger partial charge in [-0.1, -0.05) is 22.2 Å². The maximum atomic E-state index is 12.6. The van der Waals surface area contributed by atoms with Gasteiger partial charge in [0, 0.05) is 37.1 Å². The van der Waals surface area contributed by atoms with E-state index in [1.165, 1.54) is 11.5 Å². The molecular weight excluding hydrogens is 312 g/mol. The average molecular weight is 330 g/mol. The fraction of sp³-hybridized carbons (Fsp3) is 0.375. The van der Waals surface area contributed by atoms with Crippen molar-refractivity contribution in [3.8, 4) is 0 Å². The Kier molecular flexibility index (Phi) is 4.66. The van der Waals surface area contributed by atoms with Crippen molar-refractivity contribution in [2.75, 3.05) is 26.2 Å². The SMILES string of the molecule is Cc1cccc(C(=O)N2CCCN(C(=O)c3csnn3)CC2)c1. The van der Waals surface area contributed by atoms with Crippen LogP contribution in [0.25, 0.3) is 0 Å². The fourth-order valence-corrected chi connectivity index (χ4v) is 3.13. The van der Waals surface area contributed by atoms with E-state index in [-0.39, 0.29) is 11.8 Å². The summed E-state index contributed by atoms with van der Waals surface area (Å²) in [7, 11) is 0. The number of nitrogens with zero attached hydrogens (tertiary/aromatic N) is 4. The summed E-state index contributed by atoms with van der Waals surface area (Å²) < 4.78 is 3.73. The molecule has 2 aromatic rings. The quantitative estimate of drug-likeness (QED) is 0.843. The maximum Gasteiger partial charge on any atom is 0.275 e. The lowest BCUT2D eigenvalue weighted by Crippen LogP contribution is -2.37. The number of hydrogen-bond acceptors (Lipinski definition) is 5. The zero-order chi connectivity index (χ0) is 16.2. The Bertz CT molecular complexity index is 702. The molecule has 0 saturated carbocycles. The van der Waals surface area contributed by atoms with Crippen LogP contribution in [0.3, 0.4) is 0 Å². The Morgan fingerprint density at radius 2 is 1.83 bits per heavy atom. The van der Waals surface area contributed by atoms with Crippen LogP contribution in [-0.4, -0.2) is 57.4 Å². The molecule has 1 aliphatic rings.